The molecule has 0 saturated carbocycles. The van der Waals surface area contributed by atoms with E-state index in [-0.39, 0.29) is 11.8 Å². The second-order valence-electron chi connectivity index (χ2n) is 6.28. The first kappa shape index (κ1) is 13.8. The van der Waals surface area contributed by atoms with Crippen molar-refractivity contribution in [3.8, 4) is 5.69 Å². The van der Waals surface area contributed by atoms with Gasteiger partial charge in [-0.25, -0.2) is 4.99 Å². The first-order valence-corrected chi connectivity index (χ1v) is 8.27. The van der Waals surface area contributed by atoms with Crippen LogP contribution in [-0.4, -0.2) is 28.3 Å². The first-order valence-electron chi connectivity index (χ1n) is 7.89. The van der Waals surface area contributed by atoms with Crippen LogP contribution in [0.4, 0.5) is 5.69 Å². The summed E-state index contributed by atoms with van der Waals surface area (Å²) in [6.07, 6.45) is 0.452. The van der Waals surface area contributed by atoms with Gasteiger partial charge in [0.25, 0.3) is 0 Å². The molecule has 2 aliphatic rings. The van der Waals surface area contributed by atoms with Crippen molar-refractivity contribution in [3.63, 3.8) is 0 Å². The zero-order chi connectivity index (χ0) is 16.4. The Morgan fingerprint density at radius 3 is 2.88 bits per heavy atom. The molecule has 24 heavy (non-hydrogen) atoms. The highest BCUT2D eigenvalue weighted by atomic mass is 35.5. The van der Waals surface area contributed by atoms with Crippen molar-refractivity contribution >= 4 is 39.9 Å². The molecule has 1 amide bonds. The number of amides is 1. The number of benzene rings is 2. The summed E-state index contributed by atoms with van der Waals surface area (Å²) < 4.78 is 2.22. The van der Waals surface area contributed by atoms with Crippen LogP contribution < -0.4 is 0 Å². The van der Waals surface area contributed by atoms with Crippen LogP contribution in [0.5, 0.6) is 0 Å². The Morgan fingerprint density at radius 2 is 2.00 bits per heavy atom. The molecule has 1 atom stereocenters. The van der Waals surface area contributed by atoms with E-state index < -0.39 is 0 Å². The number of carbonyl (C=O) groups is 1. The summed E-state index contributed by atoms with van der Waals surface area (Å²) in [6, 6.07) is 16.1. The van der Waals surface area contributed by atoms with Crippen molar-refractivity contribution in [2.24, 2.45) is 4.99 Å². The molecule has 0 N–H and O–H groups in total. The van der Waals surface area contributed by atoms with E-state index in [1.807, 2.05) is 36.4 Å². The third kappa shape index (κ3) is 1.74. The number of likely N-dealkylation sites (N-methyl/N-ethyl adjacent to an activating group) is 1. The predicted molar refractivity (Wildman–Crippen MR) is 95.5 cm³/mol. The van der Waals surface area contributed by atoms with E-state index >= 15 is 0 Å². The maximum atomic E-state index is 12.3. The third-order valence-corrected chi connectivity index (χ3v) is 5.15. The van der Waals surface area contributed by atoms with E-state index in [1.165, 1.54) is 0 Å². The van der Waals surface area contributed by atoms with Crippen molar-refractivity contribution in [3.05, 3.63) is 59.2 Å². The molecule has 2 aromatic carbocycles. The van der Waals surface area contributed by atoms with Crippen LogP contribution >= 0.6 is 11.6 Å². The Morgan fingerprint density at radius 1 is 1.17 bits per heavy atom. The molecule has 2 aliphatic heterocycles. The molecule has 5 heteroatoms. The monoisotopic (exact) mass is 335 g/mol. The number of carbonyl (C=O) groups excluding carboxylic acids is 1. The molecule has 3 aromatic rings. The molecule has 1 fully saturated rings. The van der Waals surface area contributed by atoms with Gasteiger partial charge in [0.15, 0.2) is 0 Å². The SMILES string of the molecule is CN1C(=O)CC2C1=Nc1ccccc1-n1c2cc2cc(Cl)ccc21. The Labute approximate surface area is 144 Å². The van der Waals surface area contributed by atoms with Crippen LogP contribution in [0.25, 0.3) is 16.6 Å². The smallest absolute Gasteiger partial charge is 0.228 e. The zero-order valence-electron chi connectivity index (χ0n) is 13.0. The topological polar surface area (TPSA) is 37.6 Å². The maximum absolute atomic E-state index is 12.3. The number of nitrogens with zero attached hydrogens (tertiary/aromatic N) is 3. The predicted octanol–water partition coefficient (Wildman–Crippen LogP) is 4.27. The van der Waals surface area contributed by atoms with Crippen molar-refractivity contribution in [1.29, 1.82) is 0 Å². The standard InChI is InChI=1S/C19H14ClN3O/c1-22-18(24)10-13-17-9-11-8-12(20)6-7-15(11)23(17)16-5-3-2-4-14(16)21-19(13)22/h2-9,13H,10H2,1H3. The van der Waals surface area contributed by atoms with Gasteiger partial charge in [0.1, 0.15) is 5.84 Å². The van der Waals surface area contributed by atoms with Gasteiger partial charge in [-0.2, -0.15) is 0 Å². The first-order chi connectivity index (χ1) is 11.6. The van der Waals surface area contributed by atoms with Gasteiger partial charge in [-0.1, -0.05) is 23.7 Å². The van der Waals surface area contributed by atoms with Crippen molar-refractivity contribution < 1.29 is 4.79 Å². The van der Waals surface area contributed by atoms with Gasteiger partial charge in [0, 0.05) is 29.6 Å². The third-order valence-electron chi connectivity index (χ3n) is 4.91. The number of para-hydroxylation sites is 2. The second-order valence-corrected chi connectivity index (χ2v) is 6.71. The lowest BCUT2D eigenvalue weighted by Crippen LogP contribution is -2.25. The lowest BCUT2D eigenvalue weighted by molar-refractivity contribution is -0.124. The summed E-state index contributed by atoms with van der Waals surface area (Å²) in [5.74, 6) is 0.897. The molecule has 1 unspecified atom stereocenters. The average Bonchev–Trinajstić information content (AvgIpc) is 3.03. The Hall–Kier alpha value is -2.59. The number of hydrogen-bond acceptors (Lipinski definition) is 2. The van der Waals surface area contributed by atoms with Crippen LogP contribution in [-0.2, 0) is 4.79 Å². The minimum absolute atomic E-state index is 0.0268. The molecular weight excluding hydrogens is 322 g/mol. The van der Waals surface area contributed by atoms with Crippen LogP contribution in [0.15, 0.2) is 53.5 Å². The van der Waals surface area contributed by atoms with Gasteiger partial charge in [-0.05, 0) is 36.4 Å². The molecule has 1 saturated heterocycles. The van der Waals surface area contributed by atoms with Crippen molar-refractivity contribution in [2.45, 2.75) is 12.3 Å². The summed E-state index contributed by atoms with van der Waals surface area (Å²) in [4.78, 5) is 18.8. The van der Waals surface area contributed by atoms with Crippen LogP contribution in [0, 0.1) is 0 Å². The van der Waals surface area contributed by atoms with Gasteiger partial charge in [-0.15, -0.1) is 0 Å². The second kappa shape index (κ2) is 4.71. The molecule has 5 rings (SSSR count). The highest BCUT2D eigenvalue weighted by Gasteiger charge is 2.39. The average molecular weight is 336 g/mol. The fraction of sp³-hybridized carbons (Fsp3) is 0.158. The number of halogens is 1. The number of likely N-dealkylation sites (tertiary alicyclic amines) is 1. The van der Waals surface area contributed by atoms with Crippen LogP contribution in [0.1, 0.15) is 18.0 Å². The lowest BCUT2D eigenvalue weighted by Gasteiger charge is -2.13. The van der Waals surface area contributed by atoms with Gasteiger partial charge >= 0.3 is 0 Å². The van der Waals surface area contributed by atoms with Crippen molar-refractivity contribution in [2.75, 3.05) is 7.05 Å². The molecular formula is C19H14ClN3O. The highest BCUT2D eigenvalue weighted by molar-refractivity contribution is 6.31. The van der Waals surface area contributed by atoms with E-state index in [0.29, 0.717) is 11.4 Å². The van der Waals surface area contributed by atoms with Crippen LogP contribution in [0.3, 0.4) is 0 Å². The molecule has 1 aromatic heterocycles. The summed E-state index contributed by atoms with van der Waals surface area (Å²) in [7, 11) is 1.80. The van der Waals surface area contributed by atoms with E-state index in [0.717, 1.165) is 33.8 Å². The molecule has 4 nitrogen and oxygen atoms in total. The molecule has 0 spiro atoms. The molecule has 0 aliphatic carbocycles. The van der Waals surface area contributed by atoms with Gasteiger partial charge in [-0.3, -0.25) is 4.79 Å². The van der Waals surface area contributed by atoms with Crippen LogP contribution in [0.2, 0.25) is 5.02 Å². The lowest BCUT2D eigenvalue weighted by atomic mass is 10.0. The Balaban J connectivity index is 1.91. The quantitative estimate of drug-likeness (QED) is 0.604. The summed E-state index contributed by atoms with van der Waals surface area (Å²) in [6.45, 7) is 0. The van der Waals surface area contributed by atoms with E-state index in [4.69, 9.17) is 16.6 Å². The number of hydrogen-bond donors (Lipinski definition) is 0. The van der Waals surface area contributed by atoms with E-state index in [2.05, 4.69) is 16.7 Å². The summed E-state index contributed by atoms with van der Waals surface area (Å²) in [5.41, 5.74) is 4.09. The normalized spacial score (nSPS) is 18.9. The Bertz CT molecular complexity index is 1050. The number of fused-ring (bicyclic) bond motifs is 7. The minimum Gasteiger partial charge on any atom is -0.311 e. The fourth-order valence-corrected chi connectivity index (χ4v) is 3.94. The maximum Gasteiger partial charge on any atom is 0.228 e. The molecule has 118 valence electrons. The van der Waals surface area contributed by atoms with Crippen molar-refractivity contribution in [1.82, 2.24) is 9.47 Å². The largest absolute Gasteiger partial charge is 0.311 e. The Kier molecular flexibility index (Phi) is 2.71. The summed E-state index contributed by atoms with van der Waals surface area (Å²) in [5, 5.41) is 1.79. The number of aromatic nitrogens is 1. The minimum atomic E-state index is -0.0268. The van der Waals surface area contributed by atoms with Gasteiger partial charge in [0.2, 0.25) is 5.91 Å². The van der Waals surface area contributed by atoms with E-state index in [9.17, 15) is 4.79 Å². The zero-order valence-corrected chi connectivity index (χ0v) is 13.8. The number of rotatable bonds is 0. The van der Waals surface area contributed by atoms with Gasteiger partial charge < -0.3 is 9.47 Å². The van der Waals surface area contributed by atoms with Gasteiger partial charge in [0.05, 0.1) is 22.8 Å². The molecule has 0 bridgehead atoms. The number of aliphatic imine (C=N–C) groups is 1. The van der Waals surface area contributed by atoms with E-state index in [1.54, 1.807) is 11.9 Å². The summed E-state index contributed by atoms with van der Waals surface area (Å²) >= 11 is 6.18. The molecule has 3 heterocycles. The highest BCUT2D eigenvalue weighted by Crippen LogP contribution is 2.42. The fourth-order valence-electron chi connectivity index (χ4n) is 3.76. The number of amidine groups is 1. The molecule has 0 radical (unpaired) electrons.